The molecular weight excluding hydrogens is 296 g/mol. The molecule has 0 saturated carbocycles. The summed E-state index contributed by atoms with van der Waals surface area (Å²) in [5.74, 6) is 1.30. The molecule has 2 aromatic heterocycles. The number of nitrogen functional groups attached to an aromatic ring is 1. The third kappa shape index (κ3) is 3.72. The molecule has 1 fully saturated rings. The molecule has 0 radical (unpaired) electrons. The van der Waals surface area contributed by atoms with Crippen LogP contribution in [0.3, 0.4) is 0 Å². The lowest BCUT2D eigenvalue weighted by Gasteiger charge is -2.21. The molecule has 6 nitrogen and oxygen atoms in total. The molecule has 3 rings (SSSR count). The molecule has 2 aromatic rings. The fourth-order valence-electron chi connectivity index (χ4n) is 2.76. The Kier molecular flexibility index (Phi) is 4.54. The van der Waals surface area contributed by atoms with Crippen LogP contribution in [0.4, 0.5) is 11.8 Å². The molecule has 0 spiro atoms. The lowest BCUT2D eigenvalue weighted by Crippen LogP contribution is -2.31. The van der Waals surface area contributed by atoms with Gasteiger partial charge in [-0.25, -0.2) is 9.97 Å². The van der Waals surface area contributed by atoms with Crippen LogP contribution in [0, 0.1) is 13.8 Å². The van der Waals surface area contributed by atoms with E-state index in [0.29, 0.717) is 5.82 Å². The minimum atomic E-state index is 0.543. The molecule has 1 aliphatic rings. The molecule has 0 atom stereocenters. The Bertz CT molecular complexity index is 620. The van der Waals surface area contributed by atoms with Crippen LogP contribution < -0.4 is 10.6 Å². The summed E-state index contributed by atoms with van der Waals surface area (Å²) in [6.45, 7) is 8.90. The maximum atomic E-state index is 5.84. The fraction of sp³-hybridized carbons (Fsp3) is 0.533. The Hall–Kier alpha value is -1.73. The van der Waals surface area contributed by atoms with Gasteiger partial charge in [-0.3, -0.25) is 4.90 Å². The average Bonchev–Trinajstić information content (AvgIpc) is 2.72. The van der Waals surface area contributed by atoms with E-state index in [2.05, 4.69) is 37.1 Å². The molecule has 0 bridgehead atoms. The second-order valence-electron chi connectivity index (χ2n) is 5.71. The van der Waals surface area contributed by atoms with Crippen molar-refractivity contribution in [2.24, 2.45) is 0 Å². The molecule has 0 unspecified atom stereocenters. The number of nitrogens with two attached hydrogens (primary N) is 1. The summed E-state index contributed by atoms with van der Waals surface area (Å²) in [6, 6.07) is 1.80. The van der Waals surface area contributed by atoms with Crippen LogP contribution in [0.1, 0.15) is 22.8 Å². The van der Waals surface area contributed by atoms with Gasteiger partial charge in [-0.2, -0.15) is 4.98 Å². The maximum Gasteiger partial charge on any atom is 0.227 e. The van der Waals surface area contributed by atoms with E-state index < -0.39 is 0 Å². The van der Waals surface area contributed by atoms with Crippen LogP contribution in [-0.2, 0) is 6.54 Å². The maximum absolute atomic E-state index is 5.84. The van der Waals surface area contributed by atoms with E-state index in [1.165, 1.54) is 5.69 Å². The first-order valence-electron chi connectivity index (χ1n) is 7.59. The first kappa shape index (κ1) is 15.2. The number of thiazole rings is 1. The number of anilines is 2. The molecule has 1 aliphatic heterocycles. The number of rotatable bonds is 3. The summed E-state index contributed by atoms with van der Waals surface area (Å²) in [5, 5.41) is 3.29. The van der Waals surface area contributed by atoms with E-state index in [1.54, 1.807) is 17.4 Å². The van der Waals surface area contributed by atoms with Crippen molar-refractivity contribution in [2.75, 3.05) is 36.8 Å². The van der Waals surface area contributed by atoms with Gasteiger partial charge in [0.05, 0.1) is 10.7 Å². The number of aryl methyl sites for hydroxylation is 2. The van der Waals surface area contributed by atoms with Gasteiger partial charge >= 0.3 is 0 Å². The third-order valence-electron chi connectivity index (χ3n) is 3.79. The lowest BCUT2D eigenvalue weighted by molar-refractivity contribution is 0.282. The Morgan fingerprint density at radius 1 is 1.14 bits per heavy atom. The highest BCUT2D eigenvalue weighted by Gasteiger charge is 2.18. The quantitative estimate of drug-likeness (QED) is 0.931. The summed E-state index contributed by atoms with van der Waals surface area (Å²) in [7, 11) is 0. The topological polar surface area (TPSA) is 71.2 Å². The summed E-state index contributed by atoms with van der Waals surface area (Å²) in [6.07, 6.45) is 1.10. The Labute approximate surface area is 135 Å². The van der Waals surface area contributed by atoms with Gasteiger partial charge in [-0.1, -0.05) is 0 Å². The zero-order valence-corrected chi connectivity index (χ0v) is 13.9. The molecule has 3 heterocycles. The van der Waals surface area contributed by atoms with E-state index >= 15 is 0 Å². The predicted molar refractivity (Wildman–Crippen MR) is 90.1 cm³/mol. The SMILES string of the molecule is Cc1cc(N)nc(N2CCCN(Cc3csc(C)n3)CC2)n1. The summed E-state index contributed by atoms with van der Waals surface area (Å²) in [5.41, 5.74) is 7.93. The van der Waals surface area contributed by atoms with E-state index in [4.69, 9.17) is 5.73 Å². The number of nitrogens with zero attached hydrogens (tertiary/aromatic N) is 5. The molecule has 2 N–H and O–H groups in total. The monoisotopic (exact) mass is 318 g/mol. The van der Waals surface area contributed by atoms with Crippen molar-refractivity contribution in [1.29, 1.82) is 0 Å². The van der Waals surface area contributed by atoms with Gasteiger partial charge in [-0.15, -0.1) is 11.3 Å². The minimum absolute atomic E-state index is 0.543. The van der Waals surface area contributed by atoms with Crippen molar-refractivity contribution < 1.29 is 0 Å². The van der Waals surface area contributed by atoms with Crippen molar-refractivity contribution in [3.05, 3.63) is 27.8 Å². The second kappa shape index (κ2) is 6.58. The van der Waals surface area contributed by atoms with E-state index in [-0.39, 0.29) is 0 Å². The molecule has 7 heteroatoms. The number of aromatic nitrogens is 3. The van der Waals surface area contributed by atoms with Gasteiger partial charge in [0.15, 0.2) is 0 Å². The van der Waals surface area contributed by atoms with Crippen molar-refractivity contribution in [3.63, 3.8) is 0 Å². The number of hydrogen-bond acceptors (Lipinski definition) is 7. The van der Waals surface area contributed by atoms with Crippen LogP contribution in [0.25, 0.3) is 0 Å². The van der Waals surface area contributed by atoms with Crippen LogP contribution >= 0.6 is 11.3 Å². The Balaban J connectivity index is 1.64. The van der Waals surface area contributed by atoms with Gasteiger partial charge in [-0.05, 0) is 20.3 Å². The van der Waals surface area contributed by atoms with Gasteiger partial charge in [0.1, 0.15) is 5.82 Å². The van der Waals surface area contributed by atoms with E-state index in [9.17, 15) is 0 Å². The van der Waals surface area contributed by atoms with Crippen LogP contribution in [0.5, 0.6) is 0 Å². The molecule has 0 aromatic carbocycles. The van der Waals surface area contributed by atoms with Crippen molar-refractivity contribution in [1.82, 2.24) is 19.9 Å². The van der Waals surface area contributed by atoms with E-state index in [1.807, 2.05) is 6.92 Å². The molecule has 22 heavy (non-hydrogen) atoms. The van der Waals surface area contributed by atoms with Gasteiger partial charge in [0.25, 0.3) is 0 Å². The van der Waals surface area contributed by atoms with Crippen LogP contribution in [0.15, 0.2) is 11.4 Å². The highest BCUT2D eigenvalue weighted by molar-refractivity contribution is 7.09. The van der Waals surface area contributed by atoms with Gasteiger partial charge in [0.2, 0.25) is 5.95 Å². The molecular formula is C15H22N6S. The normalized spacial score (nSPS) is 16.7. The zero-order chi connectivity index (χ0) is 15.5. The first-order valence-corrected chi connectivity index (χ1v) is 8.47. The molecule has 0 aliphatic carbocycles. The van der Waals surface area contributed by atoms with Gasteiger partial charge < -0.3 is 10.6 Å². The van der Waals surface area contributed by atoms with Crippen LogP contribution in [0.2, 0.25) is 0 Å². The smallest absolute Gasteiger partial charge is 0.227 e. The minimum Gasteiger partial charge on any atom is -0.384 e. The summed E-state index contributed by atoms with van der Waals surface area (Å²) < 4.78 is 0. The zero-order valence-electron chi connectivity index (χ0n) is 13.1. The van der Waals surface area contributed by atoms with Crippen molar-refractivity contribution >= 4 is 23.1 Å². The molecule has 0 amide bonds. The number of hydrogen-bond donors (Lipinski definition) is 1. The van der Waals surface area contributed by atoms with Crippen LogP contribution in [-0.4, -0.2) is 46.0 Å². The third-order valence-corrected chi connectivity index (χ3v) is 4.61. The van der Waals surface area contributed by atoms with E-state index in [0.717, 1.165) is 55.8 Å². The highest BCUT2D eigenvalue weighted by Crippen LogP contribution is 2.16. The first-order chi connectivity index (χ1) is 10.6. The molecule has 118 valence electrons. The Morgan fingerprint density at radius 3 is 2.73 bits per heavy atom. The average molecular weight is 318 g/mol. The second-order valence-corrected chi connectivity index (χ2v) is 6.77. The fourth-order valence-corrected chi connectivity index (χ4v) is 3.36. The predicted octanol–water partition coefficient (Wildman–Crippen LogP) is 1.84. The van der Waals surface area contributed by atoms with Crippen molar-refractivity contribution in [3.8, 4) is 0 Å². The molecule has 1 saturated heterocycles. The van der Waals surface area contributed by atoms with Gasteiger partial charge in [0, 0.05) is 49.9 Å². The largest absolute Gasteiger partial charge is 0.384 e. The summed E-state index contributed by atoms with van der Waals surface area (Å²) >= 11 is 1.72. The lowest BCUT2D eigenvalue weighted by atomic mass is 10.3. The Morgan fingerprint density at radius 2 is 2.00 bits per heavy atom. The standard InChI is InChI=1S/C15H22N6S/c1-11-8-14(16)19-15(17-11)21-5-3-4-20(6-7-21)9-13-10-22-12(2)18-13/h8,10H,3-7,9H2,1-2H3,(H2,16,17,19). The summed E-state index contributed by atoms with van der Waals surface area (Å²) in [4.78, 5) is 18.1. The van der Waals surface area contributed by atoms with Crippen molar-refractivity contribution in [2.45, 2.75) is 26.8 Å². The highest BCUT2D eigenvalue weighted by atomic mass is 32.1.